The van der Waals surface area contributed by atoms with Crippen molar-refractivity contribution in [3.05, 3.63) is 18.3 Å². The van der Waals surface area contributed by atoms with E-state index in [0.29, 0.717) is 12.4 Å². The number of rotatable bonds is 6. The molecule has 0 aliphatic rings. The molecule has 1 rings (SSSR count). The van der Waals surface area contributed by atoms with Gasteiger partial charge in [-0.15, -0.1) is 0 Å². The highest BCUT2D eigenvalue weighted by Gasteiger charge is 2.21. The predicted molar refractivity (Wildman–Crippen MR) is 71.3 cm³/mol. The lowest BCUT2D eigenvalue weighted by Gasteiger charge is -2.22. The summed E-state index contributed by atoms with van der Waals surface area (Å²) in [6.07, 6.45) is 2.29. The Morgan fingerprint density at radius 1 is 1.44 bits per heavy atom. The Morgan fingerprint density at radius 2 is 2.11 bits per heavy atom. The minimum absolute atomic E-state index is 0.0744. The number of anilines is 1. The van der Waals surface area contributed by atoms with Crippen molar-refractivity contribution in [2.45, 2.75) is 32.1 Å². The van der Waals surface area contributed by atoms with Crippen molar-refractivity contribution in [1.82, 2.24) is 9.71 Å². The van der Waals surface area contributed by atoms with E-state index in [-0.39, 0.29) is 10.3 Å². The fraction of sp³-hybridized carbons (Fsp3) is 0.545. The molecule has 0 saturated heterocycles. The van der Waals surface area contributed by atoms with Crippen molar-refractivity contribution >= 4 is 15.8 Å². The molecule has 1 heterocycles. The van der Waals surface area contributed by atoms with E-state index in [1.807, 2.05) is 20.8 Å². The number of hydrogen-bond acceptors (Lipinski definition) is 5. The first-order valence-corrected chi connectivity index (χ1v) is 7.21. The second-order valence-corrected chi connectivity index (χ2v) is 6.63. The normalized spacial score (nSPS) is 12.4. The predicted octanol–water partition coefficient (Wildman–Crippen LogP) is 1.08. The molecule has 1 aromatic heterocycles. The van der Waals surface area contributed by atoms with Crippen LogP contribution in [-0.2, 0) is 10.0 Å². The van der Waals surface area contributed by atoms with Gasteiger partial charge >= 0.3 is 0 Å². The lowest BCUT2D eigenvalue weighted by atomic mass is 9.91. The number of nitrogens with two attached hydrogens (primary N) is 1. The molecule has 18 heavy (non-hydrogen) atoms. The average molecular weight is 272 g/mol. The van der Waals surface area contributed by atoms with Gasteiger partial charge in [0.05, 0.1) is 4.90 Å². The lowest BCUT2D eigenvalue weighted by molar-refractivity contribution is 0.350. The Hall–Kier alpha value is -1.18. The molecule has 0 aliphatic carbocycles. The van der Waals surface area contributed by atoms with Crippen LogP contribution in [0, 0.1) is 5.41 Å². The zero-order chi connectivity index (χ0) is 13.8. The maximum Gasteiger partial charge on any atom is 0.240 e. The summed E-state index contributed by atoms with van der Waals surface area (Å²) < 4.78 is 26.7. The van der Waals surface area contributed by atoms with Crippen LogP contribution in [0.4, 0.5) is 5.82 Å². The minimum Gasteiger partial charge on any atom is -0.308 e. The van der Waals surface area contributed by atoms with E-state index in [2.05, 4.69) is 15.1 Å². The largest absolute Gasteiger partial charge is 0.308 e. The second kappa shape index (κ2) is 5.64. The van der Waals surface area contributed by atoms with Crippen LogP contribution in [0.5, 0.6) is 0 Å². The van der Waals surface area contributed by atoms with Crippen LogP contribution in [0.3, 0.4) is 0 Å². The van der Waals surface area contributed by atoms with E-state index >= 15 is 0 Å². The molecule has 0 radical (unpaired) electrons. The zero-order valence-electron chi connectivity index (χ0n) is 10.9. The quantitative estimate of drug-likeness (QED) is 0.532. The van der Waals surface area contributed by atoms with Crippen LogP contribution in [0.1, 0.15) is 27.2 Å². The molecule has 0 spiro atoms. The molecule has 0 aromatic carbocycles. The van der Waals surface area contributed by atoms with E-state index in [1.165, 1.54) is 18.3 Å². The maximum absolute atomic E-state index is 12.1. The highest BCUT2D eigenvalue weighted by atomic mass is 32.2. The zero-order valence-corrected chi connectivity index (χ0v) is 11.7. The summed E-state index contributed by atoms with van der Waals surface area (Å²) in [5, 5.41) is 0. The molecule has 0 atom stereocenters. The van der Waals surface area contributed by atoms with Gasteiger partial charge in [0, 0.05) is 18.8 Å². The van der Waals surface area contributed by atoms with E-state index in [0.717, 1.165) is 6.42 Å². The van der Waals surface area contributed by atoms with Crippen molar-refractivity contribution in [3.8, 4) is 0 Å². The number of sulfonamides is 1. The summed E-state index contributed by atoms with van der Waals surface area (Å²) in [6.45, 7) is 6.43. The van der Waals surface area contributed by atoms with Crippen LogP contribution in [0.15, 0.2) is 23.2 Å². The molecular formula is C11H20N4O2S. The average Bonchev–Trinajstić information content (AvgIpc) is 2.37. The van der Waals surface area contributed by atoms with Crippen LogP contribution in [0.2, 0.25) is 0 Å². The molecule has 4 N–H and O–H groups in total. The summed E-state index contributed by atoms with van der Waals surface area (Å²) in [5.41, 5.74) is 2.25. The Bertz CT molecular complexity index is 500. The number of nitrogens with zero attached hydrogens (tertiary/aromatic N) is 1. The first-order valence-electron chi connectivity index (χ1n) is 5.73. The van der Waals surface area contributed by atoms with E-state index in [1.54, 1.807) is 0 Å². The van der Waals surface area contributed by atoms with Gasteiger partial charge in [0.1, 0.15) is 5.82 Å². The Morgan fingerprint density at radius 3 is 2.67 bits per heavy atom. The number of hydrogen-bond donors (Lipinski definition) is 3. The molecule has 0 fully saturated rings. The van der Waals surface area contributed by atoms with E-state index < -0.39 is 10.0 Å². The molecule has 0 bridgehead atoms. The van der Waals surface area contributed by atoms with Gasteiger partial charge in [0.2, 0.25) is 10.0 Å². The van der Waals surface area contributed by atoms with Crippen molar-refractivity contribution in [2.24, 2.45) is 11.3 Å². The molecule has 6 nitrogen and oxygen atoms in total. The standard InChI is InChI=1S/C11H20N4O2S/c1-4-11(2,3)8-14-18(16,17)9-5-6-13-10(7-9)15-12/h5-7,14H,4,8,12H2,1-3H3,(H,13,15). The van der Waals surface area contributed by atoms with Gasteiger partial charge in [-0.25, -0.2) is 24.0 Å². The summed E-state index contributed by atoms with van der Waals surface area (Å²) in [7, 11) is -3.52. The third-order valence-electron chi connectivity index (χ3n) is 2.89. The minimum atomic E-state index is -3.52. The van der Waals surface area contributed by atoms with Gasteiger partial charge < -0.3 is 5.43 Å². The highest BCUT2D eigenvalue weighted by molar-refractivity contribution is 7.89. The van der Waals surface area contributed by atoms with E-state index in [4.69, 9.17) is 5.84 Å². The smallest absolute Gasteiger partial charge is 0.240 e. The monoisotopic (exact) mass is 272 g/mol. The van der Waals surface area contributed by atoms with Gasteiger partial charge in [-0.1, -0.05) is 20.8 Å². The summed E-state index contributed by atoms with van der Waals surface area (Å²) in [6, 6.07) is 2.82. The Labute approximate surface area is 108 Å². The fourth-order valence-electron chi connectivity index (χ4n) is 1.16. The topological polar surface area (TPSA) is 97.1 Å². The molecule has 102 valence electrons. The highest BCUT2D eigenvalue weighted by Crippen LogP contribution is 2.19. The first-order chi connectivity index (χ1) is 8.30. The third kappa shape index (κ3) is 3.94. The molecule has 1 aromatic rings. The molecule has 0 amide bonds. The number of aromatic nitrogens is 1. The van der Waals surface area contributed by atoms with Gasteiger partial charge in [0.15, 0.2) is 0 Å². The van der Waals surface area contributed by atoms with Crippen molar-refractivity contribution in [2.75, 3.05) is 12.0 Å². The fourth-order valence-corrected chi connectivity index (χ4v) is 2.41. The molecule has 0 aliphatic heterocycles. The maximum atomic E-state index is 12.1. The number of hydrazine groups is 1. The molecular weight excluding hydrogens is 252 g/mol. The Kier molecular flexibility index (Phi) is 4.66. The van der Waals surface area contributed by atoms with Crippen LogP contribution in [0.25, 0.3) is 0 Å². The lowest BCUT2D eigenvalue weighted by Crippen LogP contribution is -2.33. The molecule has 7 heteroatoms. The Balaban J connectivity index is 2.86. The summed E-state index contributed by atoms with van der Waals surface area (Å²) in [4.78, 5) is 4.02. The molecule has 0 unspecified atom stereocenters. The van der Waals surface area contributed by atoms with Gasteiger partial charge in [0.25, 0.3) is 0 Å². The molecule has 0 saturated carbocycles. The van der Waals surface area contributed by atoms with Crippen molar-refractivity contribution < 1.29 is 8.42 Å². The van der Waals surface area contributed by atoms with Crippen molar-refractivity contribution in [1.29, 1.82) is 0 Å². The second-order valence-electron chi connectivity index (χ2n) is 4.86. The summed E-state index contributed by atoms with van der Waals surface area (Å²) >= 11 is 0. The van der Waals surface area contributed by atoms with Gasteiger partial charge in [-0.05, 0) is 17.9 Å². The SMILES string of the molecule is CCC(C)(C)CNS(=O)(=O)c1ccnc(NN)c1. The third-order valence-corrected chi connectivity index (χ3v) is 4.29. The van der Waals surface area contributed by atoms with E-state index in [9.17, 15) is 8.42 Å². The number of nitrogens with one attached hydrogen (secondary N) is 2. The summed E-state index contributed by atoms with van der Waals surface area (Å²) in [5.74, 6) is 5.51. The van der Waals surface area contributed by atoms with Crippen molar-refractivity contribution in [3.63, 3.8) is 0 Å². The number of nitrogen functional groups attached to an aromatic ring is 1. The first kappa shape index (κ1) is 14.9. The van der Waals surface area contributed by atoms with Crippen LogP contribution in [-0.4, -0.2) is 19.9 Å². The van der Waals surface area contributed by atoms with Gasteiger partial charge in [-0.2, -0.15) is 0 Å². The van der Waals surface area contributed by atoms with Crippen LogP contribution >= 0.6 is 0 Å². The number of pyridine rings is 1. The van der Waals surface area contributed by atoms with Crippen LogP contribution < -0.4 is 16.0 Å². The van der Waals surface area contributed by atoms with Gasteiger partial charge in [-0.3, -0.25) is 0 Å².